The van der Waals surface area contributed by atoms with Gasteiger partial charge in [0, 0.05) is 25.5 Å². The van der Waals surface area contributed by atoms with E-state index in [1.54, 1.807) is 12.5 Å². The molecule has 3 aromatic rings. The molecule has 2 heterocycles. The Bertz CT molecular complexity index is 766. The van der Waals surface area contributed by atoms with E-state index in [9.17, 15) is 5.11 Å². The Morgan fingerprint density at radius 1 is 1.28 bits per heavy atom. The number of aryl methyl sites for hydroxylation is 1. The van der Waals surface area contributed by atoms with Crippen LogP contribution in [-0.2, 0) is 13.7 Å². The Morgan fingerprint density at radius 2 is 2.08 bits per heavy atom. The lowest BCUT2D eigenvalue weighted by atomic mass is 10.1. The number of aromatic nitrogens is 2. The van der Waals surface area contributed by atoms with Crippen molar-refractivity contribution in [1.82, 2.24) is 14.9 Å². The van der Waals surface area contributed by atoms with Crippen molar-refractivity contribution in [2.24, 2.45) is 7.05 Å². The highest BCUT2D eigenvalue weighted by molar-refractivity contribution is 5.29. The standard InChI is InChI=1S/C19H23N3O3/c1-14(21-17(12-23)18-4-3-11-24-18)15-5-7-16(8-6-15)25-13-19-20-9-10-22(19)2/h3-11,14,17,21,23H,12-13H2,1-2H3. The van der Waals surface area contributed by atoms with Gasteiger partial charge in [-0.2, -0.15) is 0 Å². The summed E-state index contributed by atoms with van der Waals surface area (Å²) in [6.07, 6.45) is 5.26. The summed E-state index contributed by atoms with van der Waals surface area (Å²) in [7, 11) is 1.94. The molecule has 0 aliphatic rings. The van der Waals surface area contributed by atoms with Crippen molar-refractivity contribution in [2.45, 2.75) is 25.6 Å². The first kappa shape index (κ1) is 17.3. The minimum atomic E-state index is -0.232. The average molecular weight is 341 g/mol. The number of imidazole rings is 1. The lowest BCUT2D eigenvalue weighted by molar-refractivity contribution is 0.217. The number of hydrogen-bond acceptors (Lipinski definition) is 5. The molecule has 6 heteroatoms. The van der Waals surface area contributed by atoms with Crippen molar-refractivity contribution >= 4 is 0 Å². The topological polar surface area (TPSA) is 72.4 Å². The van der Waals surface area contributed by atoms with Crippen molar-refractivity contribution < 1.29 is 14.3 Å². The molecular weight excluding hydrogens is 318 g/mol. The van der Waals surface area contributed by atoms with Crippen molar-refractivity contribution in [3.63, 3.8) is 0 Å². The molecular formula is C19H23N3O3. The highest BCUT2D eigenvalue weighted by Crippen LogP contribution is 2.22. The van der Waals surface area contributed by atoms with Crippen molar-refractivity contribution in [3.8, 4) is 5.75 Å². The first-order chi connectivity index (χ1) is 12.2. The Hall–Kier alpha value is -2.57. The quantitative estimate of drug-likeness (QED) is 0.659. The highest BCUT2D eigenvalue weighted by Gasteiger charge is 2.16. The number of hydrogen-bond donors (Lipinski definition) is 2. The highest BCUT2D eigenvalue weighted by atomic mass is 16.5. The van der Waals surface area contributed by atoms with Gasteiger partial charge in [0.1, 0.15) is 23.9 Å². The van der Waals surface area contributed by atoms with Gasteiger partial charge < -0.3 is 18.8 Å². The molecule has 0 fully saturated rings. The van der Waals surface area contributed by atoms with E-state index in [-0.39, 0.29) is 18.7 Å². The van der Waals surface area contributed by atoms with Gasteiger partial charge in [-0.15, -0.1) is 0 Å². The lowest BCUT2D eigenvalue weighted by Gasteiger charge is -2.20. The summed E-state index contributed by atoms with van der Waals surface area (Å²) < 4.78 is 13.1. The third kappa shape index (κ3) is 4.29. The summed E-state index contributed by atoms with van der Waals surface area (Å²) in [5.41, 5.74) is 1.11. The molecule has 0 bridgehead atoms. The molecule has 2 N–H and O–H groups in total. The fourth-order valence-electron chi connectivity index (χ4n) is 2.65. The van der Waals surface area contributed by atoms with E-state index < -0.39 is 0 Å². The van der Waals surface area contributed by atoms with Gasteiger partial charge in [-0.25, -0.2) is 4.98 Å². The van der Waals surface area contributed by atoms with Crippen LogP contribution in [0.15, 0.2) is 59.5 Å². The molecule has 0 saturated carbocycles. The molecule has 3 rings (SSSR count). The molecule has 2 atom stereocenters. The zero-order valence-electron chi connectivity index (χ0n) is 14.4. The van der Waals surface area contributed by atoms with Gasteiger partial charge in [-0.1, -0.05) is 12.1 Å². The molecule has 0 saturated heterocycles. The van der Waals surface area contributed by atoms with Gasteiger partial charge in [-0.05, 0) is 36.8 Å². The van der Waals surface area contributed by atoms with Crippen LogP contribution in [-0.4, -0.2) is 21.3 Å². The summed E-state index contributed by atoms with van der Waals surface area (Å²) in [5, 5.41) is 12.9. The number of aliphatic hydroxyl groups excluding tert-OH is 1. The summed E-state index contributed by atoms with van der Waals surface area (Å²) in [6.45, 7) is 2.46. The normalized spacial score (nSPS) is 13.6. The molecule has 2 unspecified atom stereocenters. The van der Waals surface area contributed by atoms with E-state index in [2.05, 4.69) is 17.2 Å². The Balaban J connectivity index is 1.58. The third-order valence-corrected chi connectivity index (χ3v) is 4.19. The van der Waals surface area contributed by atoms with Crippen LogP contribution in [0.4, 0.5) is 0 Å². The Labute approximate surface area is 147 Å². The average Bonchev–Trinajstić information content (AvgIpc) is 3.30. The molecule has 0 spiro atoms. The zero-order valence-corrected chi connectivity index (χ0v) is 14.4. The minimum Gasteiger partial charge on any atom is -0.486 e. The molecule has 0 aliphatic carbocycles. The fraction of sp³-hybridized carbons (Fsp3) is 0.316. The maximum atomic E-state index is 9.57. The smallest absolute Gasteiger partial charge is 0.146 e. The predicted octanol–water partition coefficient (Wildman–Crippen LogP) is 2.98. The second-order valence-corrected chi connectivity index (χ2v) is 5.95. The van der Waals surface area contributed by atoms with Crippen LogP contribution in [0.1, 0.15) is 36.2 Å². The first-order valence-corrected chi connectivity index (χ1v) is 8.26. The number of aliphatic hydroxyl groups is 1. The summed E-state index contributed by atoms with van der Waals surface area (Å²) in [6, 6.07) is 11.4. The molecule has 132 valence electrons. The monoisotopic (exact) mass is 341 g/mol. The van der Waals surface area contributed by atoms with Gasteiger partial charge >= 0.3 is 0 Å². The van der Waals surface area contributed by atoms with Crippen molar-refractivity contribution in [1.29, 1.82) is 0 Å². The van der Waals surface area contributed by atoms with Crippen LogP contribution in [0.3, 0.4) is 0 Å². The van der Waals surface area contributed by atoms with Gasteiger partial charge in [-0.3, -0.25) is 5.32 Å². The molecule has 1 aromatic carbocycles. The minimum absolute atomic E-state index is 0.0251. The molecule has 6 nitrogen and oxygen atoms in total. The number of ether oxygens (including phenoxy) is 1. The number of benzene rings is 1. The largest absolute Gasteiger partial charge is 0.486 e. The lowest BCUT2D eigenvalue weighted by Crippen LogP contribution is -2.27. The van der Waals surface area contributed by atoms with E-state index in [1.807, 2.05) is 54.2 Å². The van der Waals surface area contributed by atoms with E-state index in [4.69, 9.17) is 9.15 Å². The fourth-order valence-corrected chi connectivity index (χ4v) is 2.65. The third-order valence-electron chi connectivity index (χ3n) is 4.19. The number of rotatable bonds is 8. The second kappa shape index (κ2) is 8.00. The maximum absolute atomic E-state index is 9.57. The Kier molecular flexibility index (Phi) is 5.53. The van der Waals surface area contributed by atoms with E-state index in [0.29, 0.717) is 6.61 Å². The van der Waals surface area contributed by atoms with Crippen LogP contribution >= 0.6 is 0 Å². The van der Waals surface area contributed by atoms with Gasteiger partial charge in [0.15, 0.2) is 0 Å². The molecule has 25 heavy (non-hydrogen) atoms. The van der Waals surface area contributed by atoms with Crippen LogP contribution in [0, 0.1) is 0 Å². The van der Waals surface area contributed by atoms with Crippen LogP contribution < -0.4 is 10.1 Å². The molecule has 0 aliphatic heterocycles. The van der Waals surface area contributed by atoms with Crippen molar-refractivity contribution in [2.75, 3.05) is 6.61 Å². The molecule has 0 amide bonds. The number of furan rings is 1. The molecule has 0 radical (unpaired) electrons. The number of nitrogens with one attached hydrogen (secondary N) is 1. The van der Waals surface area contributed by atoms with E-state index >= 15 is 0 Å². The van der Waals surface area contributed by atoms with E-state index in [0.717, 1.165) is 22.9 Å². The van der Waals surface area contributed by atoms with Crippen molar-refractivity contribution in [3.05, 3.63) is 72.2 Å². The van der Waals surface area contributed by atoms with Crippen LogP contribution in [0.25, 0.3) is 0 Å². The predicted molar refractivity (Wildman–Crippen MR) is 94.1 cm³/mol. The maximum Gasteiger partial charge on any atom is 0.146 e. The Morgan fingerprint density at radius 3 is 2.68 bits per heavy atom. The SMILES string of the molecule is CC(NC(CO)c1ccco1)c1ccc(OCc2nccn2C)cc1. The first-order valence-electron chi connectivity index (χ1n) is 8.26. The summed E-state index contributed by atoms with van der Waals surface area (Å²) >= 11 is 0. The van der Waals surface area contributed by atoms with Gasteiger partial charge in [0.2, 0.25) is 0 Å². The molecule has 2 aromatic heterocycles. The van der Waals surface area contributed by atoms with Gasteiger partial charge in [0.05, 0.1) is 18.9 Å². The van der Waals surface area contributed by atoms with Crippen LogP contribution in [0.5, 0.6) is 5.75 Å². The second-order valence-electron chi connectivity index (χ2n) is 5.95. The van der Waals surface area contributed by atoms with Crippen LogP contribution in [0.2, 0.25) is 0 Å². The summed E-state index contributed by atoms with van der Waals surface area (Å²) in [4.78, 5) is 4.24. The number of nitrogens with zero attached hydrogens (tertiary/aromatic N) is 2. The van der Waals surface area contributed by atoms with Gasteiger partial charge in [0.25, 0.3) is 0 Å². The van der Waals surface area contributed by atoms with E-state index in [1.165, 1.54) is 0 Å². The summed E-state index contributed by atoms with van der Waals surface area (Å²) in [5.74, 6) is 2.40. The zero-order chi connectivity index (χ0) is 17.6.